The molecule has 23 heavy (non-hydrogen) atoms. The van der Waals surface area contributed by atoms with Gasteiger partial charge >= 0.3 is 0 Å². The lowest BCUT2D eigenvalue weighted by Crippen LogP contribution is -2.83. The van der Waals surface area contributed by atoms with Crippen molar-refractivity contribution in [2.75, 3.05) is 0 Å². The zero-order valence-corrected chi connectivity index (χ0v) is 11.2. The predicted octanol–water partition coefficient (Wildman–Crippen LogP) is -1.40. The van der Waals surface area contributed by atoms with Gasteiger partial charge in [0.05, 0.1) is 0 Å². The highest BCUT2D eigenvalue weighted by Gasteiger charge is 2.73. The molecule has 4 saturated heterocycles. The molecule has 0 unspecified atom stereocenters. The standard InChI is InChI=1S/C7H9N7O9/c15-11(16)8-4-1-7(23-14(21)22)2-5(8)10(13(19)20)6(3-7)9(4)12(17)18/h4-6H,1-3H2. The van der Waals surface area contributed by atoms with Gasteiger partial charge in [-0.1, -0.05) is 15.0 Å². The molecule has 0 aromatic heterocycles. The van der Waals surface area contributed by atoms with Gasteiger partial charge < -0.3 is 4.84 Å². The van der Waals surface area contributed by atoms with Crippen molar-refractivity contribution < 1.29 is 25.0 Å². The smallest absolute Gasteiger partial charge is 0.295 e. The number of piperidine rings is 3. The lowest BCUT2D eigenvalue weighted by atomic mass is 9.77. The van der Waals surface area contributed by atoms with E-state index in [0.717, 1.165) is 0 Å². The molecule has 4 aliphatic rings. The van der Waals surface area contributed by atoms with Crippen LogP contribution in [0.4, 0.5) is 0 Å². The summed E-state index contributed by atoms with van der Waals surface area (Å²) in [5, 5.41) is 41.4. The summed E-state index contributed by atoms with van der Waals surface area (Å²) in [4.78, 5) is 48.9. The summed E-state index contributed by atoms with van der Waals surface area (Å²) in [6.07, 6.45) is -5.58. The minimum atomic E-state index is -1.52. The van der Waals surface area contributed by atoms with E-state index in [9.17, 15) is 40.5 Å². The maximum Gasteiger partial charge on any atom is 0.295 e. The van der Waals surface area contributed by atoms with E-state index in [0.29, 0.717) is 15.0 Å². The topological polar surface area (TPSA) is 192 Å². The van der Waals surface area contributed by atoms with E-state index >= 15 is 0 Å². The van der Waals surface area contributed by atoms with Crippen LogP contribution in [0.2, 0.25) is 0 Å². The summed E-state index contributed by atoms with van der Waals surface area (Å²) >= 11 is 0. The molecule has 0 aromatic rings. The number of hydrogen-bond donors (Lipinski definition) is 0. The van der Waals surface area contributed by atoms with E-state index in [1.165, 1.54) is 0 Å². The van der Waals surface area contributed by atoms with Gasteiger partial charge in [0.25, 0.3) is 5.09 Å². The van der Waals surface area contributed by atoms with Crippen LogP contribution in [-0.4, -0.2) is 59.3 Å². The molecule has 16 nitrogen and oxygen atoms in total. The fraction of sp³-hybridized carbons (Fsp3) is 1.00. The van der Waals surface area contributed by atoms with Gasteiger partial charge in [0, 0.05) is 19.3 Å². The van der Waals surface area contributed by atoms with Gasteiger partial charge in [-0.3, -0.25) is 0 Å². The van der Waals surface area contributed by atoms with Crippen LogP contribution in [0, 0.1) is 40.5 Å². The Morgan fingerprint density at radius 2 is 1.04 bits per heavy atom. The number of rotatable bonds is 5. The number of hydrazine groups is 3. The highest BCUT2D eigenvalue weighted by Crippen LogP contribution is 2.50. The Kier molecular flexibility index (Phi) is 2.82. The van der Waals surface area contributed by atoms with Crippen LogP contribution in [-0.2, 0) is 4.84 Å². The lowest BCUT2D eigenvalue weighted by molar-refractivity contribution is -0.840. The first-order valence-electron chi connectivity index (χ1n) is 6.28. The number of hydrogen-bond acceptors (Lipinski definition) is 9. The quantitative estimate of drug-likeness (QED) is 0.422. The monoisotopic (exact) mass is 335 g/mol. The molecule has 0 amide bonds. The molecule has 4 fully saturated rings. The molecule has 0 saturated carbocycles. The van der Waals surface area contributed by atoms with Gasteiger partial charge in [-0.25, -0.2) is 30.3 Å². The second-order valence-electron chi connectivity index (χ2n) is 5.41. The maximum atomic E-state index is 11.2. The van der Waals surface area contributed by atoms with Gasteiger partial charge in [-0.15, -0.1) is 10.1 Å². The highest BCUT2D eigenvalue weighted by atomic mass is 17.0. The van der Waals surface area contributed by atoms with E-state index in [1.807, 2.05) is 0 Å². The highest BCUT2D eigenvalue weighted by molar-refractivity contribution is 5.05. The second-order valence-corrected chi connectivity index (χ2v) is 5.41. The van der Waals surface area contributed by atoms with Crippen molar-refractivity contribution in [2.45, 2.75) is 43.4 Å². The molecule has 0 radical (unpaired) electrons. The third-order valence-electron chi connectivity index (χ3n) is 4.33. The molecular weight excluding hydrogens is 326 g/mol. The normalized spacial score (nSPS) is 34.4. The van der Waals surface area contributed by atoms with Gasteiger partial charge in [0.1, 0.15) is 5.60 Å². The van der Waals surface area contributed by atoms with Gasteiger partial charge in [0.2, 0.25) is 18.5 Å². The second kappa shape index (κ2) is 4.40. The Bertz CT molecular complexity index is 530. The summed E-state index contributed by atoms with van der Waals surface area (Å²) in [6, 6.07) is 0. The SMILES string of the molecule is O=[N+]([O-])OC12CC3N([N+](=O)[O-])C(C1)N([N+](=O)[O-])C(C2)N3[N+](=O)[O-]. The van der Waals surface area contributed by atoms with Crippen molar-refractivity contribution in [3.63, 3.8) is 0 Å². The minimum absolute atomic E-state index is 0.378. The largest absolute Gasteiger partial charge is 0.307 e. The van der Waals surface area contributed by atoms with Crippen LogP contribution in [0.3, 0.4) is 0 Å². The van der Waals surface area contributed by atoms with Crippen LogP contribution in [0.1, 0.15) is 19.3 Å². The average Bonchev–Trinajstić information content (AvgIpc) is 2.34. The van der Waals surface area contributed by atoms with Gasteiger partial charge in [-0.2, -0.15) is 0 Å². The Hall–Kier alpha value is -3.20. The van der Waals surface area contributed by atoms with Gasteiger partial charge in [-0.05, 0) is 0 Å². The molecule has 4 bridgehead atoms. The summed E-state index contributed by atoms with van der Waals surface area (Å²) in [7, 11) is 0. The summed E-state index contributed by atoms with van der Waals surface area (Å²) in [6.45, 7) is 0. The minimum Gasteiger partial charge on any atom is -0.307 e. The van der Waals surface area contributed by atoms with Crippen molar-refractivity contribution in [3.8, 4) is 0 Å². The summed E-state index contributed by atoms with van der Waals surface area (Å²) in [5.41, 5.74) is -1.52. The van der Waals surface area contributed by atoms with Crippen LogP contribution < -0.4 is 0 Å². The molecule has 0 aliphatic carbocycles. The number of nitrogens with zero attached hydrogens (tertiary/aromatic N) is 7. The first-order chi connectivity index (χ1) is 10.7. The Morgan fingerprint density at radius 3 is 1.26 bits per heavy atom. The van der Waals surface area contributed by atoms with Crippen LogP contribution in [0.5, 0.6) is 0 Å². The van der Waals surface area contributed by atoms with E-state index in [2.05, 4.69) is 4.84 Å². The molecular formula is C7H9N7O9. The van der Waals surface area contributed by atoms with Crippen molar-refractivity contribution in [3.05, 3.63) is 40.5 Å². The fourth-order valence-corrected chi connectivity index (χ4v) is 3.69. The molecule has 0 spiro atoms. The van der Waals surface area contributed by atoms with E-state index in [1.54, 1.807) is 0 Å². The maximum absolute atomic E-state index is 11.2. The predicted molar refractivity (Wildman–Crippen MR) is 62.5 cm³/mol. The molecule has 0 N–H and O–H groups in total. The van der Waals surface area contributed by atoms with Gasteiger partial charge in [0.15, 0.2) is 15.1 Å². The molecule has 4 heterocycles. The third kappa shape index (κ3) is 1.90. The summed E-state index contributed by atoms with van der Waals surface area (Å²) in [5.74, 6) is 0. The van der Waals surface area contributed by atoms with Crippen LogP contribution in [0.25, 0.3) is 0 Å². The first-order valence-corrected chi connectivity index (χ1v) is 6.28. The van der Waals surface area contributed by atoms with Crippen LogP contribution >= 0.6 is 0 Å². The molecule has 0 aromatic carbocycles. The molecule has 126 valence electrons. The molecule has 16 heteroatoms. The van der Waals surface area contributed by atoms with Crippen molar-refractivity contribution in [1.82, 2.24) is 15.0 Å². The summed E-state index contributed by atoms with van der Waals surface area (Å²) < 4.78 is 0. The Morgan fingerprint density at radius 1 is 0.739 bits per heavy atom. The molecule has 4 rings (SSSR count). The zero-order valence-electron chi connectivity index (χ0n) is 11.2. The van der Waals surface area contributed by atoms with E-state index in [-0.39, 0.29) is 19.3 Å². The Labute approximate surface area is 125 Å². The zero-order chi connectivity index (χ0) is 17.1. The van der Waals surface area contributed by atoms with Crippen molar-refractivity contribution in [1.29, 1.82) is 0 Å². The number of nitro groups is 3. The average molecular weight is 335 g/mol. The molecule has 0 atom stereocenters. The van der Waals surface area contributed by atoms with Crippen LogP contribution in [0.15, 0.2) is 0 Å². The third-order valence-corrected chi connectivity index (χ3v) is 4.33. The fourth-order valence-electron chi connectivity index (χ4n) is 3.69. The lowest BCUT2D eigenvalue weighted by Gasteiger charge is -2.57. The van der Waals surface area contributed by atoms with E-state index < -0.39 is 44.3 Å². The Balaban J connectivity index is 2.08. The molecule has 4 aliphatic heterocycles. The first kappa shape index (κ1) is 14.7. The van der Waals surface area contributed by atoms with E-state index in [4.69, 9.17) is 0 Å². The van der Waals surface area contributed by atoms with Crippen molar-refractivity contribution >= 4 is 0 Å². The van der Waals surface area contributed by atoms with Crippen molar-refractivity contribution in [2.24, 2.45) is 0 Å².